The van der Waals surface area contributed by atoms with E-state index in [1.54, 1.807) is 0 Å². The van der Waals surface area contributed by atoms with Crippen molar-refractivity contribution in [2.45, 2.75) is 43.7 Å². The second kappa shape index (κ2) is 16.3. The molecular formula is C45H36O22. The summed E-state index contributed by atoms with van der Waals surface area (Å²) < 4.78 is 23.7. The Labute approximate surface area is 373 Å². The van der Waals surface area contributed by atoms with Gasteiger partial charge in [-0.25, -0.2) is 9.59 Å². The second-order valence-corrected chi connectivity index (χ2v) is 15.5. The Morgan fingerprint density at radius 2 is 0.791 bits per heavy atom. The van der Waals surface area contributed by atoms with Crippen LogP contribution in [0, 0.1) is 0 Å². The van der Waals surface area contributed by atoms with E-state index in [1.807, 2.05) is 0 Å². The summed E-state index contributed by atoms with van der Waals surface area (Å²) in [4.78, 5) is 26.9. The van der Waals surface area contributed by atoms with Crippen LogP contribution in [-0.2, 0) is 28.7 Å². The third-order valence-electron chi connectivity index (χ3n) is 11.2. The number of benzene rings is 6. The number of aromatic hydroxyl groups is 16. The van der Waals surface area contributed by atoms with Crippen LogP contribution in [0.2, 0.25) is 0 Å². The van der Waals surface area contributed by atoms with Gasteiger partial charge in [-0.05, 0) is 48.5 Å². The number of hydrogen-bond acceptors (Lipinski definition) is 22. The van der Waals surface area contributed by atoms with Gasteiger partial charge in [0.1, 0.15) is 46.7 Å². The van der Waals surface area contributed by atoms with Gasteiger partial charge in [0.05, 0.1) is 11.1 Å². The van der Waals surface area contributed by atoms with E-state index in [-0.39, 0.29) is 44.9 Å². The molecule has 348 valence electrons. The summed E-state index contributed by atoms with van der Waals surface area (Å²) in [5.74, 6) is -16.2. The molecule has 2 aliphatic rings. The van der Waals surface area contributed by atoms with Crippen molar-refractivity contribution in [3.05, 3.63) is 105 Å². The van der Waals surface area contributed by atoms with Gasteiger partial charge in [0.25, 0.3) is 0 Å². The van der Waals surface area contributed by atoms with Gasteiger partial charge in [0.2, 0.25) is 0 Å². The maximum atomic E-state index is 13.4. The first-order valence-corrected chi connectivity index (χ1v) is 19.5. The van der Waals surface area contributed by atoms with E-state index < -0.39 is 159 Å². The van der Waals surface area contributed by atoms with Crippen LogP contribution in [0.3, 0.4) is 0 Å². The highest BCUT2D eigenvalue weighted by molar-refractivity contribution is 5.92. The van der Waals surface area contributed by atoms with Crippen LogP contribution in [0.5, 0.6) is 103 Å². The molecule has 0 unspecified atom stereocenters. The first-order valence-electron chi connectivity index (χ1n) is 19.5. The van der Waals surface area contributed by atoms with Crippen molar-refractivity contribution >= 4 is 11.9 Å². The lowest BCUT2D eigenvalue weighted by atomic mass is 9.88. The molecule has 0 aromatic heterocycles. The molecule has 22 heteroatoms. The minimum Gasteiger partial charge on any atom is -0.507 e. The predicted molar refractivity (Wildman–Crippen MR) is 221 cm³/mol. The molecule has 0 spiro atoms. The average molecular weight is 929 g/mol. The van der Waals surface area contributed by atoms with Gasteiger partial charge in [-0.15, -0.1) is 0 Å². The van der Waals surface area contributed by atoms with Crippen LogP contribution in [0.1, 0.15) is 66.3 Å². The molecule has 6 aromatic carbocycles. The molecular weight excluding hydrogens is 892 g/mol. The van der Waals surface area contributed by atoms with Crippen molar-refractivity contribution < 1.29 is 110 Å². The lowest BCUT2D eigenvalue weighted by molar-refractivity contribution is -0.0193. The lowest BCUT2D eigenvalue weighted by Gasteiger charge is -2.36. The second-order valence-electron chi connectivity index (χ2n) is 15.5. The topological polar surface area (TPSA) is 395 Å². The highest BCUT2D eigenvalue weighted by Gasteiger charge is 2.41. The van der Waals surface area contributed by atoms with E-state index >= 15 is 0 Å². The van der Waals surface area contributed by atoms with Gasteiger partial charge < -0.3 is 101 Å². The fraction of sp³-hybridized carbons (Fsp3) is 0.156. The first kappa shape index (κ1) is 44.3. The van der Waals surface area contributed by atoms with Crippen LogP contribution >= 0.6 is 0 Å². The molecule has 22 nitrogen and oxygen atoms in total. The number of phenols is 16. The molecule has 0 radical (unpaired) electrons. The van der Waals surface area contributed by atoms with Gasteiger partial charge in [-0.1, -0.05) is 0 Å². The van der Waals surface area contributed by atoms with Crippen molar-refractivity contribution in [3.8, 4) is 103 Å². The van der Waals surface area contributed by atoms with E-state index in [4.69, 9.17) is 18.9 Å². The fourth-order valence-electron chi connectivity index (χ4n) is 7.84. The zero-order chi connectivity index (χ0) is 48.5. The van der Waals surface area contributed by atoms with Crippen molar-refractivity contribution in [1.29, 1.82) is 0 Å². The molecule has 4 atom stereocenters. The minimum atomic E-state index is -1.57. The van der Waals surface area contributed by atoms with Crippen molar-refractivity contribution in [1.82, 2.24) is 0 Å². The Balaban J connectivity index is 1.19. The maximum absolute atomic E-state index is 13.4. The third-order valence-corrected chi connectivity index (χ3v) is 11.2. The monoisotopic (exact) mass is 928 g/mol. The predicted octanol–water partition coefficient (Wildman–Crippen LogP) is 4.37. The SMILES string of the molecule is O=C(O[C@H]1Cc2c(O)cc(O)c(Cc3c(O)cc4c(c3O)C[C@@H](OC(=O)c3cc(O)c(O)c(O)c3)[C@@H](c3cc(O)c(O)c(O)c3)O4)c2O[C@H]1c1cc(O)c(O)c(O)c1)c1cc(O)c(O)c(O)c1. The largest absolute Gasteiger partial charge is 0.507 e. The first-order chi connectivity index (χ1) is 31.6. The number of hydrogen-bond donors (Lipinski definition) is 16. The Hall–Kier alpha value is -9.34. The highest BCUT2D eigenvalue weighted by atomic mass is 16.6. The van der Waals surface area contributed by atoms with Crippen molar-refractivity contribution in [2.24, 2.45) is 0 Å². The van der Waals surface area contributed by atoms with Gasteiger partial charge in [0, 0.05) is 64.8 Å². The van der Waals surface area contributed by atoms with Gasteiger partial charge in [-0.3, -0.25) is 0 Å². The molecule has 67 heavy (non-hydrogen) atoms. The van der Waals surface area contributed by atoms with Gasteiger partial charge >= 0.3 is 11.9 Å². The highest BCUT2D eigenvalue weighted by Crippen LogP contribution is 2.52. The summed E-state index contributed by atoms with van der Waals surface area (Å²) in [5, 5.41) is 167. The molecule has 16 N–H and O–H groups in total. The Morgan fingerprint density at radius 1 is 0.418 bits per heavy atom. The number of carbonyl (C=O) groups is 2. The summed E-state index contributed by atoms with van der Waals surface area (Å²) in [6.45, 7) is 0. The lowest BCUT2D eigenvalue weighted by Crippen LogP contribution is -2.35. The summed E-state index contributed by atoms with van der Waals surface area (Å²) in [6, 6.07) is 8.85. The summed E-state index contributed by atoms with van der Waals surface area (Å²) in [7, 11) is 0. The molecule has 0 amide bonds. The number of rotatable bonds is 8. The minimum absolute atomic E-state index is 0.0957. The molecule has 0 fully saturated rings. The molecule has 2 heterocycles. The fourth-order valence-corrected chi connectivity index (χ4v) is 7.84. The summed E-state index contributed by atoms with van der Waals surface area (Å²) >= 11 is 0. The number of esters is 2. The molecule has 0 saturated heterocycles. The van der Waals surface area contributed by atoms with E-state index in [2.05, 4.69) is 0 Å². The maximum Gasteiger partial charge on any atom is 0.338 e. The van der Waals surface area contributed by atoms with Crippen LogP contribution in [-0.4, -0.2) is 106 Å². The van der Waals surface area contributed by atoms with Crippen LogP contribution in [0.4, 0.5) is 0 Å². The van der Waals surface area contributed by atoms with E-state index in [1.165, 1.54) is 0 Å². The van der Waals surface area contributed by atoms with Crippen molar-refractivity contribution in [2.75, 3.05) is 0 Å². The van der Waals surface area contributed by atoms with E-state index in [0.29, 0.717) is 0 Å². The molecule has 0 bridgehead atoms. The van der Waals surface area contributed by atoms with E-state index in [9.17, 15) is 91.3 Å². The number of ether oxygens (including phenoxy) is 4. The summed E-state index contributed by atoms with van der Waals surface area (Å²) in [6.07, 6.45) is -7.64. The molecule has 8 rings (SSSR count). The number of fused-ring (bicyclic) bond motifs is 2. The Bertz CT molecular complexity index is 2960. The molecule has 0 saturated carbocycles. The standard InChI is InChI=1S/C45H36O22/c46-22-12-23(47)20-10-34(65-44(62)16-5-29(53)39(60)30(54)6-16)42(15-3-27(51)38(59)28(52)4-15)67-43(20)19(22)9-18-24(48)13-33-21(36(18)57)11-35(41(64-33)14-1-25(49)37(58)26(50)2-14)66-45(63)17-7-31(55)40(61)32(56)8-17/h1-8,12-13,34-35,41-42,46-61H,9-11H2/t34-,35+,41+,42-/m0/s1. The summed E-state index contributed by atoms with van der Waals surface area (Å²) in [5.41, 5.74) is -2.01. The van der Waals surface area contributed by atoms with Gasteiger partial charge in [-0.2, -0.15) is 0 Å². The number of phenolic OH excluding ortho intramolecular Hbond substituents is 16. The molecule has 2 aliphatic heterocycles. The smallest absolute Gasteiger partial charge is 0.338 e. The van der Waals surface area contributed by atoms with Crippen molar-refractivity contribution in [3.63, 3.8) is 0 Å². The Kier molecular flexibility index (Phi) is 10.8. The molecule has 6 aromatic rings. The quantitative estimate of drug-likeness (QED) is 0.0744. The normalized spacial score (nSPS) is 17.3. The average Bonchev–Trinajstić information content (AvgIpc) is 3.27. The van der Waals surface area contributed by atoms with Crippen LogP contribution < -0.4 is 9.47 Å². The third kappa shape index (κ3) is 7.87. The van der Waals surface area contributed by atoms with E-state index in [0.717, 1.165) is 60.7 Å². The van der Waals surface area contributed by atoms with Crippen LogP contribution in [0.25, 0.3) is 0 Å². The zero-order valence-corrected chi connectivity index (χ0v) is 33.8. The van der Waals surface area contributed by atoms with Gasteiger partial charge in [0.15, 0.2) is 81.2 Å². The molecule has 0 aliphatic carbocycles. The Morgan fingerprint density at radius 3 is 1.22 bits per heavy atom. The van der Waals surface area contributed by atoms with Crippen LogP contribution in [0.15, 0.2) is 60.7 Å². The zero-order valence-electron chi connectivity index (χ0n) is 33.8. The number of carbonyl (C=O) groups excluding carboxylic acids is 2.